The van der Waals surface area contributed by atoms with E-state index < -0.39 is 0 Å². The van der Waals surface area contributed by atoms with Gasteiger partial charge in [0.15, 0.2) is 0 Å². The van der Waals surface area contributed by atoms with Gasteiger partial charge in [0.25, 0.3) is 0 Å². The van der Waals surface area contributed by atoms with Crippen LogP contribution in [0.25, 0.3) is 5.52 Å². The van der Waals surface area contributed by atoms with Gasteiger partial charge in [-0.1, -0.05) is 6.07 Å². The van der Waals surface area contributed by atoms with Crippen LogP contribution in [0.5, 0.6) is 0 Å². The maximum Gasteiger partial charge on any atom is 0.317 e. The minimum Gasteiger partial charge on any atom is -0.332 e. The number of rotatable bonds is 4. The average Bonchev–Trinajstić information content (AvgIpc) is 3.20. The molecule has 4 rings (SSSR count). The first-order valence-corrected chi connectivity index (χ1v) is 9.17. The summed E-state index contributed by atoms with van der Waals surface area (Å²) in [6.45, 7) is 5.92. The van der Waals surface area contributed by atoms with Gasteiger partial charge in [-0.25, -0.2) is 9.78 Å². The largest absolute Gasteiger partial charge is 0.332 e. The molecule has 0 spiro atoms. The highest BCUT2D eigenvalue weighted by Crippen LogP contribution is 2.19. The summed E-state index contributed by atoms with van der Waals surface area (Å²) in [5.74, 6) is 1.02. The molecule has 8 nitrogen and oxygen atoms in total. The Bertz CT molecular complexity index is 972. The number of hydrogen-bond donors (Lipinski definition) is 1. The lowest BCUT2D eigenvalue weighted by Crippen LogP contribution is -2.34. The Hall–Kier alpha value is -2.87. The molecule has 1 N–H and O–H groups in total. The van der Waals surface area contributed by atoms with Crippen molar-refractivity contribution in [1.82, 2.24) is 34.3 Å². The average molecular weight is 367 g/mol. The number of pyridine rings is 1. The van der Waals surface area contributed by atoms with Crippen LogP contribution in [0.3, 0.4) is 0 Å². The van der Waals surface area contributed by atoms with E-state index in [0.717, 1.165) is 43.4 Å². The summed E-state index contributed by atoms with van der Waals surface area (Å²) in [5.41, 5.74) is 4.35. The third-order valence-corrected chi connectivity index (χ3v) is 4.93. The Morgan fingerprint density at radius 2 is 2.15 bits per heavy atom. The lowest BCUT2D eigenvalue weighted by molar-refractivity contribution is 0.203. The fourth-order valence-corrected chi connectivity index (χ4v) is 3.52. The Morgan fingerprint density at radius 3 is 2.96 bits per heavy atom. The SMILES string of the molecule is Cc1nc(CN2CCn3nc(CNC(=O)N(C)C)cc3C2)c2ccccn12. The predicted molar refractivity (Wildman–Crippen MR) is 102 cm³/mol. The summed E-state index contributed by atoms with van der Waals surface area (Å²) in [4.78, 5) is 20.4. The van der Waals surface area contributed by atoms with Crippen LogP contribution in [0.1, 0.15) is 22.9 Å². The van der Waals surface area contributed by atoms with Gasteiger partial charge in [-0.3, -0.25) is 9.58 Å². The monoisotopic (exact) mass is 367 g/mol. The second-order valence-corrected chi connectivity index (χ2v) is 7.18. The quantitative estimate of drug-likeness (QED) is 0.761. The van der Waals surface area contributed by atoms with Gasteiger partial charge in [0.05, 0.1) is 35.7 Å². The number of imidazole rings is 1. The molecule has 0 unspecified atom stereocenters. The van der Waals surface area contributed by atoms with E-state index in [0.29, 0.717) is 6.54 Å². The molecule has 1 aliphatic rings. The summed E-state index contributed by atoms with van der Waals surface area (Å²) in [6.07, 6.45) is 2.06. The minimum atomic E-state index is -0.107. The first kappa shape index (κ1) is 17.5. The van der Waals surface area contributed by atoms with E-state index in [4.69, 9.17) is 4.98 Å². The van der Waals surface area contributed by atoms with Crippen molar-refractivity contribution in [3.63, 3.8) is 0 Å². The van der Waals surface area contributed by atoms with Crippen LogP contribution in [0, 0.1) is 6.92 Å². The van der Waals surface area contributed by atoms with Gasteiger partial charge in [-0.05, 0) is 25.1 Å². The Balaban J connectivity index is 1.44. The fraction of sp³-hybridized carbons (Fsp3) is 0.421. The lowest BCUT2D eigenvalue weighted by Gasteiger charge is -2.26. The lowest BCUT2D eigenvalue weighted by atomic mass is 10.2. The second kappa shape index (κ2) is 7.03. The molecule has 2 amide bonds. The van der Waals surface area contributed by atoms with E-state index in [-0.39, 0.29) is 6.03 Å². The van der Waals surface area contributed by atoms with E-state index in [2.05, 4.69) is 44.1 Å². The third kappa shape index (κ3) is 3.52. The number of nitrogens with one attached hydrogen (secondary N) is 1. The smallest absolute Gasteiger partial charge is 0.317 e. The zero-order chi connectivity index (χ0) is 19.0. The summed E-state index contributed by atoms with van der Waals surface area (Å²) >= 11 is 0. The van der Waals surface area contributed by atoms with Crippen LogP contribution >= 0.6 is 0 Å². The van der Waals surface area contributed by atoms with Crippen LogP contribution in [0.4, 0.5) is 4.79 Å². The van der Waals surface area contributed by atoms with Crippen molar-refractivity contribution in [1.29, 1.82) is 0 Å². The van der Waals surface area contributed by atoms with E-state index in [1.165, 1.54) is 16.1 Å². The van der Waals surface area contributed by atoms with Gasteiger partial charge in [-0.15, -0.1) is 0 Å². The molecule has 4 heterocycles. The number of nitrogens with zero attached hydrogens (tertiary/aromatic N) is 6. The molecule has 3 aromatic heterocycles. The number of aryl methyl sites for hydroxylation is 1. The topological polar surface area (TPSA) is 70.7 Å². The molecule has 0 bridgehead atoms. The van der Waals surface area contributed by atoms with E-state index in [9.17, 15) is 4.79 Å². The standard InChI is InChI=1S/C19H25N7O/c1-14-21-17(18-6-4-5-7-25(14)18)13-24-8-9-26-16(12-24)10-15(22-26)11-20-19(27)23(2)3/h4-7,10H,8-9,11-13H2,1-3H3,(H,20,27). The van der Waals surface area contributed by atoms with Crippen LogP contribution < -0.4 is 5.32 Å². The van der Waals surface area contributed by atoms with E-state index in [1.54, 1.807) is 14.1 Å². The minimum absolute atomic E-state index is 0.107. The first-order valence-electron chi connectivity index (χ1n) is 9.17. The molecule has 142 valence electrons. The third-order valence-electron chi connectivity index (χ3n) is 4.93. The molecule has 0 saturated carbocycles. The Labute approximate surface area is 158 Å². The van der Waals surface area contributed by atoms with Gasteiger partial charge in [0, 0.05) is 39.9 Å². The molecular weight excluding hydrogens is 342 g/mol. The zero-order valence-electron chi connectivity index (χ0n) is 16.0. The summed E-state index contributed by atoms with van der Waals surface area (Å²) in [5, 5.41) is 7.48. The second-order valence-electron chi connectivity index (χ2n) is 7.18. The molecule has 0 saturated heterocycles. The van der Waals surface area contributed by atoms with Crippen LogP contribution in [-0.4, -0.2) is 55.6 Å². The normalized spacial score (nSPS) is 14.3. The maximum absolute atomic E-state index is 11.7. The highest BCUT2D eigenvalue weighted by atomic mass is 16.2. The molecule has 1 aliphatic heterocycles. The fourth-order valence-electron chi connectivity index (χ4n) is 3.52. The molecule has 0 aliphatic carbocycles. The molecule has 0 aromatic carbocycles. The Morgan fingerprint density at radius 1 is 1.30 bits per heavy atom. The van der Waals surface area contributed by atoms with Crippen LogP contribution in [-0.2, 0) is 26.2 Å². The number of fused-ring (bicyclic) bond motifs is 2. The first-order chi connectivity index (χ1) is 13.0. The van der Waals surface area contributed by atoms with Crippen molar-refractivity contribution in [2.24, 2.45) is 0 Å². The van der Waals surface area contributed by atoms with Crippen LogP contribution in [0.15, 0.2) is 30.5 Å². The molecule has 8 heteroatoms. The van der Waals surface area contributed by atoms with Gasteiger partial charge < -0.3 is 14.6 Å². The van der Waals surface area contributed by atoms with Crippen molar-refractivity contribution < 1.29 is 4.79 Å². The van der Waals surface area contributed by atoms with Crippen molar-refractivity contribution in [2.75, 3.05) is 20.6 Å². The summed E-state index contributed by atoms with van der Waals surface area (Å²) in [7, 11) is 3.46. The predicted octanol–water partition coefficient (Wildman–Crippen LogP) is 1.63. The van der Waals surface area contributed by atoms with Gasteiger partial charge in [-0.2, -0.15) is 5.10 Å². The summed E-state index contributed by atoms with van der Waals surface area (Å²) < 4.78 is 4.18. The number of urea groups is 1. The van der Waals surface area contributed by atoms with Gasteiger partial charge in [0.1, 0.15) is 5.82 Å². The molecule has 0 atom stereocenters. The van der Waals surface area contributed by atoms with Crippen molar-refractivity contribution >= 4 is 11.5 Å². The number of hydrogen-bond acceptors (Lipinski definition) is 4. The molecule has 3 aromatic rings. The van der Waals surface area contributed by atoms with Gasteiger partial charge in [0.2, 0.25) is 0 Å². The van der Waals surface area contributed by atoms with Crippen molar-refractivity contribution in [3.8, 4) is 0 Å². The van der Waals surface area contributed by atoms with Crippen molar-refractivity contribution in [2.45, 2.75) is 33.1 Å². The van der Waals surface area contributed by atoms with E-state index in [1.807, 2.05) is 17.7 Å². The molecule has 0 radical (unpaired) electrons. The Kier molecular flexibility index (Phi) is 4.57. The summed E-state index contributed by atoms with van der Waals surface area (Å²) in [6, 6.07) is 8.18. The maximum atomic E-state index is 11.7. The number of carbonyl (C=O) groups is 1. The van der Waals surface area contributed by atoms with E-state index >= 15 is 0 Å². The highest BCUT2D eigenvalue weighted by molar-refractivity contribution is 5.73. The number of carbonyl (C=O) groups excluding carboxylic acids is 1. The van der Waals surface area contributed by atoms with Gasteiger partial charge >= 0.3 is 6.03 Å². The number of aromatic nitrogens is 4. The molecule has 27 heavy (non-hydrogen) atoms. The van der Waals surface area contributed by atoms with Crippen LogP contribution in [0.2, 0.25) is 0 Å². The van der Waals surface area contributed by atoms with Crippen molar-refractivity contribution in [3.05, 3.63) is 53.4 Å². The highest BCUT2D eigenvalue weighted by Gasteiger charge is 2.20. The number of amides is 2. The molecular formula is C19H25N7O. The molecule has 0 fully saturated rings. The zero-order valence-corrected chi connectivity index (χ0v) is 16.0.